The maximum Gasteiger partial charge on any atom is 0.242 e. The number of rotatable bonds is 4. The smallest absolute Gasteiger partial charge is 0.242 e. The Kier molecular flexibility index (Phi) is 4.21. The first-order chi connectivity index (χ1) is 13.0. The van der Waals surface area contributed by atoms with Gasteiger partial charge in [-0.2, -0.15) is 0 Å². The molecule has 1 N–H and O–H groups in total. The lowest BCUT2D eigenvalue weighted by Gasteiger charge is -2.55. The number of carbonyl (C=O) groups excluding carboxylic acids is 3. The molecule has 0 aromatic carbocycles. The standard InChI is InChI=1S/C21H31N3O3/c25-18(23-3-5-24(6-4-23)19(26)17-1-2-17)13-22-20(27)21-10-14-7-15(11-21)9-16(8-14)12-21/h14-17H,1-13H2,(H,22,27). The number of piperazine rings is 1. The Morgan fingerprint density at radius 2 is 1.33 bits per heavy atom. The molecule has 6 aliphatic rings. The van der Waals surface area contributed by atoms with Crippen LogP contribution in [0.3, 0.4) is 0 Å². The number of amides is 3. The number of nitrogens with one attached hydrogen (secondary N) is 1. The predicted octanol–water partition coefficient (Wildman–Crippen LogP) is 1.40. The zero-order valence-electron chi connectivity index (χ0n) is 16.1. The zero-order chi connectivity index (χ0) is 18.6. The summed E-state index contributed by atoms with van der Waals surface area (Å²) in [6.45, 7) is 2.54. The summed E-state index contributed by atoms with van der Waals surface area (Å²) < 4.78 is 0. The molecule has 0 aromatic heterocycles. The molecule has 3 amide bonds. The minimum atomic E-state index is -0.190. The van der Waals surface area contributed by atoms with E-state index in [0.717, 1.165) is 49.9 Å². The van der Waals surface area contributed by atoms with Gasteiger partial charge in [0.05, 0.1) is 6.54 Å². The Balaban J connectivity index is 1.11. The first-order valence-corrected chi connectivity index (χ1v) is 10.9. The van der Waals surface area contributed by atoms with Crippen molar-refractivity contribution in [3.63, 3.8) is 0 Å². The largest absolute Gasteiger partial charge is 0.347 e. The number of carbonyl (C=O) groups is 3. The Hall–Kier alpha value is -1.59. The minimum absolute atomic E-state index is 0.00778. The van der Waals surface area contributed by atoms with E-state index in [1.807, 2.05) is 4.90 Å². The van der Waals surface area contributed by atoms with Gasteiger partial charge in [0, 0.05) is 37.5 Å². The van der Waals surface area contributed by atoms with Gasteiger partial charge in [0.2, 0.25) is 17.7 Å². The molecule has 0 atom stereocenters. The van der Waals surface area contributed by atoms with Crippen LogP contribution in [0, 0.1) is 29.1 Å². The third-order valence-electron chi connectivity index (χ3n) is 7.79. The van der Waals surface area contributed by atoms with Crippen LogP contribution >= 0.6 is 0 Å². The quantitative estimate of drug-likeness (QED) is 0.810. The third kappa shape index (κ3) is 3.25. The molecule has 1 heterocycles. The van der Waals surface area contributed by atoms with Crippen LogP contribution in [0.4, 0.5) is 0 Å². The van der Waals surface area contributed by atoms with Crippen LogP contribution < -0.4 is 5.32 Å². The van der Waals surface area contributed by atoms with Crippen molar-refractivity contribution < 1.29 is 14.4 Å². The van der Waals surface area contributed by atoms with Crippen molar-refractivity contribution >= 4 is 17.7 Å². The van der Waals surface area contributed by atoms with Gasteiger partial charge < -0.3 is 15.1 Å². The van der Waals surface area contributed by atoms with Crippen molar-refractivity contribution in [3.8, 4) is 0 Å². The normalized spacial score (nSPS) is 37.4. The van der Waals surface area contributed by atoms with Crippen molar-refractivity contribution in [3.05, 3.63) is 0 Å². The third-order valence-corrected chi connectivity index (χ3v) is 7.79. The molecule has 0 unspecified atom stereocenters. The Morgan fingerprint density at radius 1 is 0.815 bits per heavy atom. The molecule has 4 bridgehead atoms. The fourth-order valence-electron chi connectivity index (χ4n) is 6.61. The van der Waals surface area contributed by atoms with Crippen molar-refractivity contribution in [1.29, 1.82) is 0 Å². The van der Waals surface area contributed by atoms with Crippen molar-refractivity contribution in [2.75, 3.05) is 32.7 Å². The molecule has 6 nitrogen and oxygen atoms in total. The molecule has 5 saturated carbocycles. The van der Waals surface area contributed by atoms with Crippen molar-refractivity contribution in [1.82, 2.24) is 15.1 Å². The molecule has 6 heteroatoms. The number of nitrogens with zero attached hydrogens (tertiary/aromatic N) is 2. The van der Waals surface area contributed by atoms with Gasteiger partial charge in [-0.1, -0.05) is 0 Å². The maximum atomic E-state index is 13.0. The van der Waals surface area contributed by atoms with Crippen molar-refractivity contribution in [2.45, 2.75) is 51.4 Å². The lowest BCUT2D eigenvalue weighted by atomic mass is 9.49. The van der Waals surface area contributed by atoms with Crippen LogP contribution in [0.2, 0.25) is 0 Å². The lowest BCUT2D eigenvalue weighted by molar-refractivity contribution is -0.148. The van der Waals surface area contributed by atoms with Gasteiger partial charge in [0.15, 0.2) is 0 Å². The molecule has 6 rings (SSSR count). The van der Waals surface area contributed by atoms with Crippen LogP contribution in [-0.2, 0) is 14.4 Å². The SMILES string of the molecule is O=C(CNC(=O)C12CC3CC(CC(C3)C1)C2)N1CCN(C(=O)C2CC2)CC1. The summed E-state index contributed by atoms with van der Waals surface area (Å²) >= 11 is 0. The second kappa shape index (κ2) is 6.49. The highest BCUT2D eigenvalue weighted by Crippen LogP contribution is 2.60. The molecule has 0 radical (unpaired) electrons. The maximum absolute atomic E-state index is 13.0. The molecular formula is C21H31N3O3. The second-order valence-electron chi connectivity index (χ2n) is 9.86. The van der Waals surface area contributed by atoms with E-state index in [9.17, 15) is 14.4 Å². The van der Waals surface area contributed by atoms with E-state index < -0.39 is 0 Å². The van der Waals surface area contributed by atoms with E-state index in [4.69, 9.17) is 0 Å². The number of hydrogen-bond acceptors (Lipinski definition) is 3. The molecule has 27 heavy (non-hydrogen) atoms. The highest BCUT2D eigenvalue weighted by atomic mass is 16.2. The van der Waals surface area contributed by atoms with Crippen molar-refractivity contribution in [2.24, 2.45) is 29.1 Å². The zero-order valence-corrected chi connectivity index (χ0v) is 16.1. The van der Waals surface area contributed by atoms with Gasteiger partial charge in [-0.15, -0.1) is 0 Å². The molecule has 0 spiro atoms. The summed E-state index contributed by atoms with van der Waals surface area (Å²) in [7, 11) is 0. The molecule has 1 saturated heterocycles. The summed E-state index contributed by atoms with van der Waals surface area (Å²) in [5.74, 6) is 2.81. The van der Waals surface area contributed by atoms with Crippen LogP contribution in [0.25, 0.3) is 0 Å². The minimum Gasteiger partial charge on any atom is -0.347 e. The van der Waals surface area contributed by atoms with E-state index in [2.05, 4.69) is 5.32 Å². The van der Waals surface area contributed by atoms with Crippen LogP contribution in [0.1, 0.15) is 51.4 Å². The van der Waals surface area contributed by atoms with Crippen LogP contribution in [0.5, 0.6) is 0 Å². The Morgan fingerprint density at radius 3 is 1.85 bits per heavy atom. The van der Waals surface area contributed by atoms with Crippen LogP contribution in [-0.4, -0.2) is 60.2 Å². The first-order valence-electron chi connectivity index (χ1n) is 10.9. The van der Waals surface area contributed by atoms with Gasteiger partial charge in [-0.3, -0.25) is 14.4 Å². The fourth-order valence-corrected chi connectivity index (χ4v) is 6.61. The molecule has 5 aliphatic carbocycles. The highest BCUT2D eigenvalue weighted by Gasteiger charge is 2.54. The predicted molar refractivity (Wildman–Crippen MR) is 99.5 cm³/mol. The van der Waals surface area contributed by atoms with Gasteiger partial charge >= 0.3 is 0 Å². The van der Waals surface area contributed by atoms with Gasteiger partial charge in [-0.05, 0) is 69.1 Å². The fraction of sp³-hybridized carbons (Fsp3) is 0.857. The molecule has 0 aromatic rings. The van der Waals surface area contributed by atoms with E-state index >= 15 is 0 Å². The van der Waals surface area contributed by atoms with E-state index in [0.29, 0.717) is 26.2 Å². The van der Waals surface area contributed by atoms with Gasteiger partial charge in [0.25, 0.3) is 0 Å². The summed E-state index contributed by atoms with van der Waals surface area (Å²) in [5, 5.41) is 2.99. The number of hydrogen-bond donors (Lipinski definition) is 1. The topological polar surface area (TPSA) is 69.7 Å². The van der Waals surface area contributed by atoms with Gasteiger partial charge in [-0.25, -0.2) is 0 Å². The Bertz CT molecular complexity index is 614. The molecule has 148 valence electrons. The Labute approximate surface area is 161 Å². The highest BCUT2D eigenvalue weighted by molar-refractivity contribution is 5.88. The second-order valence-corrected chi connectivity index (χ2v) is 9.86. The monoisotopic (exact) mass is 373 g/mol. The van der Waals surface area contributed by atoms with E-state index in [1.165, 1.54) is 19.3 Å². The summed E-state index contributed by atoms with van der Waals surface area (Å²) in [5.41, 5.74) is -0.190. The van der Waals surface area contributed by atoms with Crippen LogP contribution in [0.15, 0.2) is 0 Å². The summed E-state index contributed by atoms with van der Waals surface area (Å²) in [4.78, 5) is 41.4. The molecular weight excluding hydrogens is 342 g/mol. The average molecular weight is 373 g/mol. The molecule has 6 fully saturated rings. The average Bonchev–Trinajstić information content (AvgIpc) is 3.49. The molecule has 1 aliphatic heterocycles. The first kappa shape index (κ1) is 17.5. The summed E-state index contributed by atoms with van der Waals surface area (Å²) in [6, 6.07) is 0. The summed E-state index contributed by atoms with van der Waals surface area (Å²) in [6.07, 6.45) is 9.07. The lowest BCUT2D eigenvalue weighted by Crippen LogP contribution is -2.56. The van der Waals surface area contributed by atoms with E-state index in [-0.39, 0.29) is 35.6 Å². The van der Waals surface area contributed by atoms with E-state index in [1.54, 1.807) is 4.90 Å². The van der Waals surface area contributed by atoms with Gasteiger partial charge in [0.1, 0.15) is 0 Å².